The normalized spacial score (nSPS) is 10.4. The van der Waals surface area contributed by atoms with Crippen LogP contribution in [0.3, 0.4) is 0 Å². The molecule has 0 unspecified atom stereocenters. The SMILES string of the molecule is CC(=O)Oc1ccccc1C(=O)OCCCCCCCCCCBr. The molecule has 0 aliphatic rings. The van der Waals surface area contributed by atoms with E-state index in [0.717, 1.165) is 18.2 Å². The Bertz CT molecular complexity index is 502. The Morgan fingerprint density at radius 3 is 2.12 bits per heavy atom. The largest absolute Gasteiger partial charge is 0.462 e. The molecule has 0 amide bonds. The Kier molecular flexibility index (Phi) is 11.2. The minimum atomic E-state index is -0.452. The summed E-state index contributed by atoms with van der Waals surface area (Å²) in [6.07, 6.45) is 9.48. The van der Waals surface area contributed by atoms with E-state index in [-0.39, 0.29) is 5.75 Å². The molecule has 0 radical (unpaired) electrons. The summed E-state index contributed by atoms with van der Waals surface area (Å²) in [7, 11) is 0. The number of carbonyl (C=O) groups is 2. The van der Waals surface area contributed by atoms with Crippen molar-refractivity contribution < 1.29 is 19.1 Å². The van der Waals surface area contributed by atoms with E-state index in [1.165, 1.54) is 45.4 Å². The zero-order chi connectivity index (χ0) is 17.6. The van der Waals surface area contributed by atoms with Crippen molar-refractivity contribution in [1.82, 2.24) is 0 Å². The molecule has 0 fully saturated rings. The molecule has 0 N–H and O–H groups in total. The Balaban J connectivity index is 2.17. The van der Waals surface area contributed by atoms with E-state index in [2.05, 4.69) is 15.9 Å². The van der Waals surface area contributed by atoms with Crippen LogP contribution in [0.5, 0.6) is 5.75 Å². The molecule has 24 heavy (non-hydrogen) atoms. The van der Waals surface area contributed by atoms with Gasteiger partial charge in [0.1, 0.15) is 11.3 Å². The Morgan fingerprint density at radius 2 is 1.50 bits per heavy atom. The number of hydrogen-bond acceptors (Lipinski definition) is 4. The van der Waals surface area contributed by atoms with Crippen molar-refractivity contribution in [2.24, 2.45) is 0 Å². The summed E-state index contributed by atoms with van der Waals surface area (Å²) in [5, 5.41) is 1.10. The van der Waals surface area contributed by atoms with Crippen molar-refractivity contribution in [2.75, 3.05) is 11.9 Å². The zero-order valence-electron chi connectivity index (χ0n) is 14.4. The molecule has 0 saturated carbocycles. The fourth-order valence-electron chi connectivity index (χ4n) is 2.38. The highest BCUT2D eigenvalue weighted by molar-refractivity contribution is 9.09. The van der Waals surface area contributed by atoms with Crippen molar-refractivity contribution in [2.45, 2.75) is 58.3 Å². The van der Waals surface area contributed by atoms with Gasteiger partial charge in [-0.3, -0.25) is 4.79 Å². The van der Waals surface area contributed by atoms with Crippen molar-refractivity contribution in [3.05, 3.63) is 29.8 Å². The summed E-state index contributed by atoms with van der Waals surface area (Å²) in [6, 6.07) is 6.63. The molecule has 4 nitrogen and oxygen atoms in total. The summed E-state index contributed by atoms with van der Waals surface area (Å²) >= 11 is 3.44. The van der Waals surface area contributed by atoms with Crippen LogP contribution in [0.1, 0.15) is 68.6 Å². The van der Waals surface area contributed by atoms with E-state index in [0.29, 0.717) is 12.2 Å². The van der Waals surface area contributed by atoms with E-state index < -0.39 is 11.9 Å². The molecule has 1 aromatic rings. The quantitative estimate of drug-likeness (QED) is 0.208. The average Bonchev–Trinajstić information content (AvgIpc) is 2.56. The molecule has 0 spiro atoms. The van der Waals surface area contributed by atoms with Gasteiger partial charge in [-0.25, -0.2) is 4.79 Å². The molecule has 134 valence electrons. The number of esters is 2. The van der Waals surface area contributed by atoms with Crippen LogP contribution in [0.25, 0.3) is 0 Å². The van der Waals surface area contributed by atoms with E-state index in [4.69, 9.17) is 9.47 Å². The van der Waals surface area contributed by atoms with Crippen molar-refractivity contribution >= 4 is 27.9 Å². The first-order chi connectivity index (χ1) is 11.6. The lowest BCUT2D eigenvalue weighted by molar-refractivity contribution is -0.131. The van der Waals surface area contributed by atoms with Gasteiger partial charge in [0.25, 0.3) is 0 Å². The molecule has 0 aliphatic carbocycles. The molecule has 0 heterocycles. The summed E-state index contributed by atoms with van der Waals surface area (Å²) in [5.74, 6) is -0.647. The number of hydrogen-bond donors (Lipinski definition) is 0. The number of benzene rings is 1. The summed E-state index contributed by atoms with van der Waals surface area (Å²) in [5.41, 5.74) is 0.291. The minimum absolute atomic E-state index is 0.249. The highest BCUT2D eigenvalue weighted by Gasteiger charge is 2.14. The molecule has 0 aliphatic heterocycles. The van der Waals surface area contributed by atoms with Crippen LogP contribution in [0, 0.1) is 0 Å². The van der Waals surface area contributed by atoms with Gasteiger partial charge in [-0.1, -0.05) is 66.6 Å². The first-order valence-corrected chi connectivity index (χ1v) is 9.78. The Labute approximate surface area is 153 Å². The second-order valence-corrected chi connectivity index (χ2v) is 6.54. The molecule has 0 aromatic heterocycles. The summed E-state index contributed by atoms with van der Waals surface area (Å²) < 4.78 is 10.3. The molecule has 5 heteroatoms. The first kappa shape index (κ1) is 20.7. The predicted octanol–water partition coefficient (Wildman–Crippen LogP) is 5.28. The number of ether oxygens (including phenoxy) is 2. The summed E-state index contributed by atoms with van der Waals surface area (Å²) in [6.45, 7) is 1.71. The maximum Gasteiger partial charge on any atom is 0.341 e. The number of halogens is 1. The standard InChI is InChI=1S/C19H27BrO4/c1-16(21)24-18-13-9-8-12-17(18)19(22)23-15-11-7-5-3-2-4-6-10-14-20/h8-9,12-13H,2-7,10-11,14-15H2,1H3. The van der Waals surface area contributed by atoms with Gasteiger partial charge < -0.3 is 9.47 Å². The molecular formula is C19H27BrO4. The molecule has 1 rings (SSSR count). The van der Waals surface area contributed by atoms with Crippen LogP contribution < -0.4 is 4.74 Å². The Hall–Kier alpha value is -1.36. The van der Waals surface area contributed by atoms with Crippen LogP contribution in [0.15, 0.2) is 24.3 Å². The third-order valence-electron chi connectivity index (χ3n) is 3.62. The van der Waals surface area contributed by atoms with Crippen LogP contribution in [0.4, 0.5) is 0 Å². The van der Waals surface area contributed by atoms with E-state index in [1.54, 1.807) is 24.3 Å². The van der Waals surface area contributed by atoms with Crippen LogP contribution in [-0.4, -0.2) is 23.9 Å². The maximum atomic E-state index is 12.1. The average molecular weight is 399 g/mol. The summed E-state index contributed by atoms with van der Waals surface area (Å²) in [4.78, 5) is 23.1. The second-order valence-electron chi connectivity index (χ2n) is 5.74. The maximum absolute atomic E-state index is 12.1. The highest BCUT2D eigenvalue weighted by Crippen LogP contribution is 2.19. The minimum Gasteiger partial charge on any atom is -0.462 e. The molecule has 0 bridgehead atoms. The Morgan fingerprint density at radius 1 is 0.917 bits per heavy atom. The molecular weight excluding hydrogens is 372 g/mol. The molecule has 0 atom stereocenters. The molecule has 0 saturated heterocycles. The fraction of sp³-hybridized carbons (Fsp3) is 0.579. The predicted molar refractivity (Wildman–Crippen MR) is 98.8 cm³/mol. The van der Waals surface area contributed by atoms with Gasteiger partial charge >= 0.3 is 11.9 Å². The van der Waals surface area contributed by atoms with Gasteiger partial charge in [-0.2, -0.15) is 0 Å². The van der Waals surface area contributed by atoms with Crippen LogP contribution in [-0.2, 0) is 9.53 Å². The smallest absolute Gasteiger partial charge is 0.341 e. The van der Waals surface area contributed by atoms with Gasteiger partial charge in [-0.05, 0) is 25.0 Å². The van der Waals surface area contributed by atoms with Gasteiger partial charge in [0.15, 0.2) is 0 Å². The van der Waals surface area contributed by atoms with Gasteiger partial charge in [-0.15, -0.1) is 0 Å². The van der Waals surface area contributed by atoms with E-state index in [9.17, 15) is 9.59 Å². The zero-order valence-corrected chi connectivity index (χ0v) is 16.0. The lowest BCUT2D eigenvalue weighted by Crippen LogP contribution is -2.11. The number of rotatable bonds is 12. The second kappa shape index (κ2) is 13.0. The van der Waals surface area contributed by atoms with Crippen LogP contribution >= 0.6 is 15.9 Å². The first-order valence-electron chi connectivity index (χ1n) is 8.65. The lowest BCUT2D eigenvalue weighted by atomic mass is 10.1. The van der Waals surface area contributed by atoms with Gasteiger partial charge in [0, 0.05) is 12.3 Å². The number of para-hydroxylation sites is 1. The monoisotopic (exact) mass is 398 g/mol. The van der Waals surface area contributed by atoms with E-state index in [1.807, 2.05) is 0 Å². The van der Waals surface area contributed by atoms with Crippen molar-refractivity contribution in [1.29, 1.82) is 0 Å². The fourth-order valence-corrected chi connectivity index (χ4v) is 2.78. The third-order valence-corrected chi connectivity index (χ3v) is 4.18. The van der Waals surface area contributed by atoms with Crippen molar-refractivity contribution in [3.63, 3.8) is 0 Å². The number of unbranched alkanes of at least 4 members (excludes halogenated alkanes) is 7. The molecule has 1 aromatic carbocycles. The topological polar surface area (TPSA) is 52.6 Å². The van der Waals surface area contributed by atoms with E-state index >= 15 is 0 Å². The van der Waals surface area contributed by atoms with Crippen molar-refractivity contribution in [3.8, 4) is 5.75 Å². The number of alkyl halides is 1. The highest BCUT2D eigenvalue weighted by atomic mass is 79.9. The lowest BCUT2D eigenvalue weighted by Gasteiger charge is -2.09. The third kappa shape index (κ3) is 9.06. The number of carbonyl (C=O) groups excluding carboxylic acids is 2. The van der Waals surface area contributed by atoms with Crippen LogP contribution in [0.2, 0.25) is 0 Å². The van der Waals surface area contributed by atoms with Gasteiger partial charge in [0.05, 0.1) is 6.61 Å². The van der Waals surface area contributed by atoms with Gasteiger partial charge in [0.2, 0.25) is 0 Å².